The third kappa shape index (κ3) is 5.18. The van der Waals surface area contributed by atoms with Gasteiger partial charge in [0, 0.05) is 38.7 Å². The van der Waals surface area contributed by atoms with E-state index >= 15 is 0 Å². The summed E-state index contributed by atoms with van der Waals surface area (Å²) in [6.07, 6.45) is 0. The molecule has 2 amide bonds. The van der Waals surface area contributed by atoms with Crippen LogP contribution in [0.2, 0.25) is 0 Å². The third-order valence-electron chi connectivity index (χ3n) is 4.34. The summed E-state index contributed by atoms with van der Waals surface area (Å²) < 4.78 is 15.8. The number of benzene rings is 1. The average Bonchev–Trinajstić information content (AvgIpc) is 3.13. The minimum atomic E-state index is -0.581. The van der Waals surface area contributed by atoms with Gasteiger partial charge in [-0.15, -0.1) is 0 Å². The fourth-order valence-corrected chi connectivity index (χ4v) is 2.95. The Bertz CT molecular complexity index is 745. The number of morpholine rings is 1. The van der Waals surface area contributed by atoms with Gasteiger partial charge in [0.1, 0.15) is 11.8 Å². The molecule has 2 aromatic rings. The van der Waals surface area contributed by atoms with Gasteiger partial charge >= 0.3 is 6.03 Å². The molecule has 0 bridgehead atoms. The average molecular weight is 375 g/mol. The molecule has 0 unspecified atom stereocenters. The number of nitrogens with zero attached hydrogens (tertiary/aromatic N) is 3. The number of nitrogens with one attached hydrogen (secondary N) is 2. The zero-order chi connectivity index (χ0) is 19.1. The van der Waals surface area contributed by atoms with E-state index in [0.29, 0.717) is 24.0 Å². The number of urea groups is 1. The monoisotopic (exact) mass is 375 g/mol. The maximum absolute atomic E-state index is 12.5. The molecule has 0 aliphatic carbocycles. The van der Waals surface area contributed by atoms with E-state index in [1.807, 2.05) is 24.3 Å². The van der Waals surface area contributed by atoms with Gasteiger partial charge in [0.2, 0.25) is 5.89 Å². The summed E-state index contributed by atoms with van der Waals surface area (Å²) in [7, 11) is 1.58. The van der Waals surface area contributed by atoms with Crippen LogP contribution in [0.1, 0.15) is 23.3 Å². The molecule has 1 aliphatic heterocycles. The van der Waals surface area contributed by atoms with Crippen LogP contribution in [0.15, 0.2) is 28.8 Å². The number of carbonyl (C=O) groups excluding carboxylic acids is 1. The first-order valence-electron chi connectivity index (χ1n) is 8.95. The van der Waals surface area contributed by atoms with E-state index in [1.165, 1.54) is 0 Å². The van der Waals surface area contributed by atoms with E-state index in [-0.39, 0.29) is 6.03 Å². The van der Waals surface area contributed by atoms with Crippen LogP contribution in [0.4, 0.5) is 4.79 Å². The number of aryl methyl sites for hydroxylation is 1. The van der Waals surface area contributed by atoms with Crippen molar-refractivity contribution in [1.29, 1.82) is 0 Å². The van der Waals surface area contributed by atoms with E-state index in [0.717, 1.165) is 38.4 Å². The molecule has 1 atom stereocenters. The second kappa shape index (κ2) is 9.33. The van der Waals surface area contributed by atoms with Gasteiger partial charge in [-0.3, -0.25) is 4.90 Å². The van der Waals surface area contributed by atoms with Crippen LogP contribution < -0.4 is 15.4 Å². The summed E-state index contributed by atoms with van der Waals surface area (Å²) in [6.45, 7) is 6.26. The molecule has 0 spiro atoms. The molecular weight excluding hydrogens is 350 g/mol. The van der Waals surface area contributed by atoms with E-state index < -0.39 is 6.04 Å². The molecule has 3 rings (SSSR count). The number of carbonyl (C=O) groups is 1. The summed E-state index contributed by atoms with van der Waals surface area (Å²) in [5.41, 5.74) is 0.754. The van der Waals surface area contributed by atoms with Crippen LogP contribution >= 0.6 is 0 Å². The van der Waals surface area contributed by atoms with Crippen molar-refractivity contribution in [1.82, 2.24) is 25.7 Å². The molecule has 1 saturated heterocycles. The molecule has 1 aromatic heterocycles. The lowest BCUT2D eigenvalue weighted by molar-refractivity contribution is 0.0387. The number of para-hydroxylation sites is 1. The number of amides is 2. The van der Waals surface area contributed by atoms with Crippen LogP contribution in [0, 0.1) is 6.92 Å². The lowest BCUT2D eigenvalue weighted by Gasteiger charge is -2.26. The van der Waals surface area contributed by atoms with Crippen molar-refractivity contribution in [3.05, 3.63) is 41.5 Å². The highest BCUT2D eigenvalue weighted by molar-refractivity contribution is 5.75. The number of rotatable bonds is 7. The second-order valence-corrected chi connectivity index (χ2v) is 6.20. The Balaban J connectivity index is 1.65. The Kier molecular flexibility index (Phi) is 6.61. The van der Waals surface area contributed by atoms with Crippen molar-refractivity contribution in [2.24, 2.45) is 0 Å². The second-order valence-electron chi connectivity index (χ2n) is 6.20. The van der Waals surface area contributed by atoms with Crippen LogP contribution in [0.25, 0.3) is 0 Å². The Morgan fingerprint density at radius 2 is 2.11 bits per heavy atom. The van der Waals surface area contributed by atoms with Gasteiger partial charge in [0.05, 0.1) is 20.3 Å². The molecule has 0 saturated carbocycles. The molecule has 1 aromatic carbocycles. The van der Waals surface area contributed by atoms with Gasteiger partial charge in [0.25, 0.3) is 0 Å². The van der Waals surface area contributed by atoms with Crippen molar-refractivity contribution in [2.45, 2.75) is 13.0 Å². The molecule has 1 aliphatic rings. The number of ether oxygens (including phenoxy) is 2. The minimum Gasteiger partial charge on any atom is -0.496 e. The molecule has 27 heavy (non-hydrogen) atoms. The van der Waals surface area contributed by atoms with E-state index in [4.69, 9.17) is 14.0 Å². The quantitative estimate of drug-likeness (QED) is 0.747. The predicted molar refractivity (Wildman–Crippen MR) is 97.7 cm³/mol. The Morgan fingerprint density at radius 3 is 2.81 bits per heavy atom. The Labute approximate surface area is 158 Å². The largest absolute Gasteiger partial charge is 0.496 e. The van der Waals surface area contributed by atoms with E-state index in [9.17, 15) is 4.79 Å². The minimum absolute atomic E-state index is 0.304. The molecular formula is C18H25N5O4. The third-order valence-corrected chi connectivity index (χ3v) is 4.34. The number of methoxy groups -OCH3 is 1. The number of hydrogen-bond donors (Lipinski definition) is 2. The molecule has 1 fully saturated rings. The van der Waals surface area contributed by atoms with Crippen molar-refractivity contribution in [3.63, 3.8) is 0 Å². The van der Waals surface area contributed by atoms with Gasteiger partial charge < -0.3 is 24.6 Å². The first kappa shape index (κ1) is 19.1. The molecule has 0 radical (unpaired) electrons. The SMILES string of the molecule is COc1ccccc1[C@@H](NC(=O)NCCN1CCOCC1)c1noc(C)n1. The maximum atomic E-state index is 12.5. The maximum Gasteiger partial charge on any atom is 0.315 e. The number of hydrogen-bond acceptors (Lipinski definition) is 7. The summed E-state index contributed by atoms with van der Waals surface area (Å²) in [5, 5.41) is 9.77. The van der Waals surface area contributed by atoms with Crippen molar-refractivity contribution in [2.75, 3.05) is 46.5 Å². The smallest absolute Gasteiger partial charge is 0.315 e. The lowest BCUT2D eigenvalue weighted by atomic mass is 10.1. The molecule has 146 valence electrons. The molecule has 9 heteroatoms. The molecule has 9 nitrogen and oxygen atoms in total. The standard InChI is InChI=1S/C18H25N5O4/c1-13-20-17(22-27-13)16(14-5-3-4-6-15(14)25-2)21-18(24)19-7-8-23-9-11-26-12-10-23/h3-6,16H,7-12H2,1-2H3,(H2,19,21,24)/t16-/m1/s1. The predicted octanol–water partition coefficient (Wildman–Crippen LogP) is 1.11. The summed E-state index contributed by atoms with van der Waals surface area (Å²) in [6, 6.07) is 6.54. The van der Waals surface area contributed by atoms with Crippen LogP contribution in [-0.2, 0) is 4.74 Å². The van der Waals surface area contributed by atoms with Crippen LogP contribution in [0.3, 0.4) is 0 Å². The first-order chi connectivity index (χ1) is 13.2. The van der Waals surface area contributed by atoms with Crippen LogP contribution in [0.5, 0.6) is 5.75 Å². The van der Waals surface area contributed by atoms with E-state index in [2.05, 4.69) is 25.7 Å². The zero-order valence-corrected chi connectivity index (χ0v) is 15.6. The van der Waals surface area contributed by atoms with Gasteiger partial charge in [0.15, 0.2) is 5.82 Å². The van der Waals surface area contributed by atoms with Crippen molar-refractivity contribution < 1.29 is 18.8 Å². The Hall–Kier alpha value is -2.65. The number of aromatic nitrogens is 2. The van der Waals surface area contributed by atoms with Crippen molar-refractivity contribution >= 4 is 6.03 Å². The first-order valence-corrected chi connectivity index (χ1v) is 8.95. The molecule has 2 N–H and O–H groups in total. The van der Waals surface area contributed by atoms with Gasteiger partial charge in [-0.25, -0.2) is 4.79 Å². The topological polar surface area (TPSA) is 102 Å². The summed E-state index contributed by atoms with van der Waals surface area (Å²) in [4.78, 5) is 19.0. The van der Waals surface area contributed by atoms with Gasteiger partial charge in [-0.2, -0.15) is 4.98 Å². The Morgan fingerprint density at radius 1 is 1.33 bits per heavy atom. The van der Waals surface area contributed by atoms with Crippen LogP contribution in [-0.4, -0.2) is 67.6 Å². The van der Waals surface area contributed by atoms with Crippen molar-refractivity contribution in [3.8, 4) is 5.75 Å². The van der Waals surface area contributed by atoms with Gasteiger partial charge in [-0.1, -0.05) is 23.4 Å². The fourth-order valence-electron chi connectivity index (χ4n) is 2.95. The van der Waals surface area contributed by atoms with Gasteiger partial charge in [-0.05, 0) is 6.07 Å². The summed E-state index contributed by atoms with van der Waals surface area (Å²) in [5.74, 6) is 1.44. The highest BCUT2D eigenvalue weighted by Crippen LogP contribution is 2.28. The summed E-state index contributed by atoms with van der Waals surface area (Å²) >= 11 is 0. The van der Waals surface area contributed by atoms with E-state index in [1.54, 1.807) is 14.0 Å². The highest BCUT2D eigenvalue weighted by Gasteiger charge is 2.25. The molecule has 2 heterocycles. The lowest BCUT2D eigenvalue weighted by Crippen LogP contribution is -2.44. The highest BCUT2D eigenvalue weighted by atomic mass is 16.5. The zero-order valence-electron chi connectivity index (χ0n) is 15.6. The fraction of sp³-hybridized carbons (Fsp3) is 0.500. The normalized spacial score (nSPS) is 15.9.